The van der Waals surface area contributed by atoms with Gasteiger partial charge in [-0.15, -0.1) is 0 Å². The number of benzene rings is 2. The predicted octanol–water partition coefficient (Wildman–Crippen LogP) is 3.59. The van der Waals surface area contributed by atoms with Crippen LogP contribution in [0.1, 0.15) is 11.1 Å². The Bertz CT molecular complexity index is 915. The van der Waals surface area contributed by atoms with Gasteiger partial charge in [-0.2, -0.15) is 5.26 Å². The van der Waals surface area contributed by atoms with Gasteiger partial charge in [0.1, 0.15) is 0 Å². The zero-order valence-electron chi connectivity index (χ0n) is 11.2. The Hall–Kier alpha value is -3.12. The van der Waals surface area contributed by atoms with Gasteiger partial charge in [0.25, 0.3) is 5.56 Å². The van der Waals surface area contributed by atoms with Crippen molar-refractivity contribution in [3.63, 3.8) is 0 Å². The van der Waals surface area contributed by atoms with Gasteiger partial charge in [-0.05, 0) is 29.2 Å². The van der Waals surface area contributed by atoms with Gasteiger partial charge in [-0.25, -0.2) is 0 Å². The molecule has 0 saturated heterocycles. The zero-order chi connectivity index (χ0) is 14.7. The molecular formula is C18H12N2O. The van der Waals surface area contributed by atoms with Crippen molar-refractivity contribution in [3.8, 4) is 6.07 Å². The summed E-state index contributed by atoms with van der Waals surface area (Å²) in [6, 6.07) is 20.8. The highest BCUT2D eigenvalue weighted by Gasteiger charge is 2.04. The van der Waals surface area contributed by atoms with Crippen LogP contribution < -0.4 is 5.56 Å². The average molecular weight is 272 g/mol. The largest absolute Gasteiger partial charge is 0.321 e. The standard InChI is InChI=1S/C18H12N2O/c19-12-16(13-6-2-1-3-7-13)11-15-10-14-8-4-5-9-17(14)20-18(15)21/h1-11H,(H,20,21)/b16-11-. The quantitative estimate of drug-likeness (QED) is 0.725. The molecule has 0 unspecified atom stereocenters. The molecule has 0 atom stereocenters. The van der Waals surface area contributed by atoms with Crippen molar-refractivity contribution in [1.29, 1.82) is 5.26 Å². The van der Waals surface area contributed by atoms with Crippen LogP contribution in [0.3, 0.4) is 0 Å². The van der Waals surface area contributed by atoms with Crippen molar-refractivity contribution in [3.05, 3.63) is 82.1 Å². The van der Waals surface area contributed by atoms with Gasteiger partial charge in [0.15, 0.2) is 0 Å². The molecule has 0 bridgehead atoms. The smallest absolute Gasteiger partial charge is 0.255 e. The van der Waals surface area contributed by atoms with E-state index in [0.717, 1.165) is 16.5 Å². The van der Waals surface area contributed by atoms with Crippen LogP contribution in [0.2, 0.25) is 0 Å². The van der Waals surface area contributed by atoms with Gasteiger partial charge in [0, 0.05) is 11.1 Å². The highest BCUT2D eigenvalue weighted by atomic mass is 16.1. The molecule has 1 aromatic heterocycles. The normalized spacial score (nSPS) is 11.3. The van der Waals surface area contributed by atoms with Crippen LogP contribution in [-0.2, 0) is 0 Å². The number of aromatic amines is 1. The lowest BCUT2D eigenvalue weighted by molar-refractivity contribution is 1.29. The second kappa shape index (κ2) is 5.48. The number of rotatable bonds is 2. The fraction of sp³-hybridized carbons (Fsp3) is 0. The molecule has 0 aliphatic carbocycles. The van der Waals surface area contributed by atoms with E-state index in [2.05, 4.69) is 11.1 Å². The summed E-state index contributed by atoms with van der Waals surface area (Å²) in [7, 11) is 0. The van der Waals surface area contributed by atoms with E-state index < -0.39 is 0 Å². The molecule has 0 amide bonds. The molecule has 3 heteroatoms. The number of nitrogens with one attached hydrogen (secondary N) is 1. The fourth-order valence-corrected chi connectivity index (χ4v) is 2.22. The molecule has 3 aromatic rings. The van der Waals surface area contributed by atoms with E-state index in [1.54, 1.807) is 12.1 Å². The number of pyridine rings is 1. The summed E-state index contributed by atoms with van der Waals surface area (Å²) >= 11 is 0. The number of hydrogen-bond donors (Lipinski definition) is 1. The van der Waals surface area contributed by atoms with Crippen LogP contribution >= 0.6 is 0 Å². The third-order valence-electron chi connectivity index (χ3n) is 3.29. The van der Waals surface area contributed by atoms with Crippen molar-refractivity contribution >= 4 is 22.6 Å². The van der Waals surface area contributed by atoms with E-state index in [1.807, 2.05) is 54.6 Å². The van der Waals surface area contributed by atoms with Crippen molar-refractivity contribution in [1.82, 2.24) is 4.98 Å². The van der Waals surface area contributed by atoms with Gasteiger partial charge < -0.3 is 4.98 Å². The number of nitriles is 1. The molecule has 1 N–H and O–H groups in total. The number of nitrogens with zero attached hydrogens (tertiary/aromatic N) is 1. The SMILES string of the molecule is N#C/C(=C/c1cc2ccccc2[nH]c1=O)c1ccccc1. The maximum absolute atomic E-state index is 12.1. The summed E-state index contributed by atoms with van der Waals surface area (Å²) in [4.78, 5) is 14.9. The Labute approximate surface area is 121 Å². The third-order valence-corrected chi connectivity index (χ3v) is 3.29. The molecule has 100 valence electrons. The summed E-state index contributed by atoms with van der Waals surface area (Å²) < 4.78 is 0. The van der Waals surface area contributed by atoms with E-state index in [0.29, 0.717) is 11.1 Å². The average Bonchev–Trinajstić information content (AvgIpc) is 2.53. The lowest BCUT2D eigenvalue weighted by atomic mass is 10.0. The van der Waals surface area contributed by atoms with Crippen molar-refractivity contribution in [2.75, 3.05) is 0 Å². The maximum Gasteiger partial charge on any atom is 0.255 e. The first kappa shape index (κ1) is 12.9. The lowest BCUT2D eigenvalue weighted by Crippen LogP contribution is -2.08. The first-order valence-electron chi connectivity index (χ1n) is 6.57. The van der Waals surface area contributed by atoms with Crippen LogP contribution in [0.5, 0.6) is 0 Å². The minimum Gasteiger partial charge on any atom is -0.321 e. The van der Waals surface area contributed by atoms with Crippen molar-refractivity contribution in [2.24, 2.45) is 0 Å². The molecule has 1 heterocycles. The van der Waals surface area contributed by atoms with E-state index in [-0.39, 0.29) is 5.56 Å². The Morgan fingerprint density at radius 2 is 1.76 bits per heavy atom. The third kappa shape index (κ3) is 2.60. The van der Waals surface area contributed by atoms with E-state index in [4.69, 9.17) is 0 Å². The molecular weight excluding hydrogens is 260 g/mol. The Morgan fingerprint density at radius 3 is 2.52 bits per heavy atom. The predicted molar refractivity (Wildman–Crippen MR) is 84.5 cm³/mol. The van der Waals surface area contributed by atoms with Crippen molar-refractivity contribution < 1.29 is 0 Å². The molecule has 0 spiro atoms. The van der Waals surface area contributed by atoms with Gasteiger partial charge >= 0.3 is 0 Å². The number of para-hydroxylation sites is 1. The summed E-state index contributed by atoms with van der Waals surface area (Å²) in [5.74, 6) is 0. The summed E-state index contributed by atoms with van der Waals surface area (Å²) in [6.45, 7) is 0. The maximum atomic E-state index is 12.1. The Balaban J connectivity index is 2.16. The minimum absolute atomic E-state index is 0.197. The van der Waals surface area contributed by atoms with Gasteiger partial charge in [0.2, 0.25) is 0 Å². The monoisotopic (exact) mass is 272 g/mol. The molecule has 0 aliphatic rings. The van der Waals surface area contributed by atoms with Crippen LogP contribution in [0, 0.1) is 11.3 Å². The lowest BCUT2D eigenvalue weighted by Gasteiger charge is -2.01. The number of fused-ring (bicyclic) bond motifs is 1. The molecule has 0 fully saturated rings. The Kier molecular flexibility index (Phi) is 3.36. The summed E-state index contributed by atoms with van der Waals surface area (Å²) in [5.41, 5.74) is 2.34. The molecule has 21 heavy (non-hydrogen) atoms. The van der Waals surface area contributed by atoms with Gasteiger partial charge in [0.05, 0.1) is 11.6 Å². The highest BCUT2D eigenvalue weighted by Crippen LogP contribution is 2.17. The number of aromatic nitrogens is 1. The highest BCUT2D eigenvalue weighted by molar-refractivity contribution is 5.91. The molecule has 0 aliphatic heterocycles. The van der Waals surface area contributed by atoms with E-state index in [1.165, 1.54) is 0 Å². The molecule has 3 rings (SSSR count). The molecule has 0 radical (unpaired) electrons. The first-order valence-corrected chi connectivity index (χ1v) is 6.57. The van der Waals surface area contributed by atoms with Crippen LogP contribution in [0.15, 0.2) is 65.5 Å². The van der Waals surface area contributed by atoms with E-state index >= 15 is 0 Å². The number of allylic oxidation sites excluding steroid dienone is 1. The van der Waals surface area contributed by atoms with Crippen LogP contribution in [0.25, 0.3) is 22.6 Å². The minimum atomic E-state index is -0.197. The first-order chi connectivity index (χ1) is 10.3. The zero-order valence-corrected chi connectivity index (χ0v) is 11.2. The topological polar surface area (TPSA) is 56.6 Å². The molecule has 0 saturated carbocycles. The Morgan fingerprint density at radius 1 is 1.05 bits per heavy atom. The number of H-pyrrole nitrogens is 1. The molecule has 2 aromatic carbocycles. The fourth-order valence-electron chi connectivity index (χ4n) is 2.22. The second-order valence-corrected chi connectivity index (χ2v) is 4.68. The van der Waals surface area contributed by atoms with Gasteiger partial charge in [-0.3, -0.25) is 4.79 Å². The van der Waals surface area contributed by atoms with Crippen LogP contribution in [0.4, 0.5) is 0 Å². The van der Waals surface area contributed by atoms with E-state index in [9.17, 15) is 10.1 Å². The van der Waals surface area contributed by atoms with Crippen LogP contribution in [-0.4, -0.2) is 4.98 Å². The molecule has 3 nitrogen and oxygen atoms in total. The summed E-state index contributed by atoms with van der Waals surface area (Å²) in [6.07, 6.45) is 1.63. The van der Waals surface area contributed by atoms with Crippen molar-refractivity contribution in [2.45, 2.75) is 0 Å². The number of hydrogen-bond acceptors (Lipinski definition) is 2. The second-order valence-electron chi connectivity index (χ2n) is 4.68. The van der Waals surface area contributed by atoms with Gasteiger partial charge in [-0.1, -0.05) is 48.5 Å². The summed E-state index contributed by atoms with van der Waals surface area (Å²) in [5, 5.41) is 10.3.